The minimum absolute atomic E-state index is 0.262. The summed E-state index contributed by atoms with van der Waals surface area (Å²) in [4.78, 5) is 34.6. The average molecular weight is 598 g/mol. The number of nitrogens with zero attached hydrogens (tertiary/aromatic N) is 3. The van der Waals surface area contributed by atoms with Gasteiger partial charge in [0.15, 0.2) is 0 Å². The Kier molecular flexibility index (Phi) is 8.33. The maximum absolute atomic E-state index is 13.0. The van der Waals surface area contributed by atoms with E-state index in [0.717, 1.165) is 46.0 Å². The molecule has 1 aromatic heterocycles. The summed E-state index contributed by atoms with van der Waals surface area (Å²) < 4.78 is 6.60. The van der Waals surface area contributed by atoms with Crippen LogP contribution in [0.25, 0.3) is 20.8 Å². The summed E-state index contributed by atoms with van der Waals surface area (Å²) in [6.45, 7) is 9.14. The van der Waals surface area contributed by atoms with Crippen molar-refractivity contribution in [2.45, 2.75) is 32.9 Å². The summed E-state index contributed by atoms with van der Waals surface area (Å²) in [5.41, 5.74) is 3.39. The Labute approximate surface area is 247 Å². The molecule has 208 valence electrons. The van der Waals surface area contributed by atoms with E-state index in [1.54, 1.807) is 34.4 Å². The Balaban J connectivity index is 1.32. The predicted octanol–water partition coefficient (Wildman–Crippen LogP) is 7.58. The number of hydrogen-bond donors (Lipinski definition) is 1. The molecule has 0 aliphatic carbocycles. The average Bonchev–Trinajstić information content (AvgIpc) is 3.33. The molecular weight excluding hydrogens is 567 g/mol. The number of rotatable bonds is 5. The lowest BCUT2D eigenvalue weighted by molar-refractivity contribution is 0.0139. The van der Waals surface area contributed by atoms with Crippen LogP contribution in [0.15, 0.2) is 60.7 Å². The molecular formula is C30H30Cl2N4O3S. The summed E-state index contributed by atoms with van der Waals surface area (Å²) in [7, 11) is 0. The third kappa shape index (κ3) is 6.58. The topological polar surface area (TPSA) is 74.8 Å². The number of hydrogen-bond acceptors (Lipinski definition) is 6. The van der Waals surface area contributed by atoms with E-state index >= 15 is 0 Å². The number of nitrogens with one attached hydrogen (secondary N) is 1. The Hall–Kier alpha value is -3.17. The van der Waals surface area contributed by atoms with Crippen molar-refractivity contribution in [3.05, 3.63) is 81.8 Å². The van der Waals surface area contributed by atoms with E-state index < -0.39 is 5.60 Å². The summed E-state index contributed by atoms with van der Waals surface area (Å²) in [6.07, 6.45) is -0.262. The molecule has 1 aliphatic heterocycles. The zero-order chi connectivity index (χ0) is 28.4. The van der Waals surface area contributed by atoms with Gasteiger partial charge < -0.3 is 15.0 Å². The van der Waals surface area contributed by atoms with Crippen molar-refractivity contribution < 1.29 is 14.3 Å². The lowest BCUT2D eigenvalue weighted by Gasteiger charge is -2.35. The molecule has 3 aromatic carbocycles. The highest BCUT2D eigenvalue weighted by molar-refractivity contribution is 7.21. The molecule has 0 bridgehead atoms. The van der Waals surface area contributed by atoms with Gasteiger partial charge in [0.25, 0.3) is 5.91 Å². The molecule has 0 atom stereocenters. The van der Waals surface area contributed by atoms with E-state index in [0.29, 0.717) is 34.4 Å². The minimum atomic E-state index is -0.503. The van der Waals surface area contributed by atoms with E-state index in [1.165, 1.54) is 0 Å². The van der Waals surface area contributed by atoms with Crippen LogP contribution in [0, 0.1) is 0 Å². The molecule has 2 amide bonds. The van der Waals surface area contributed by atoms with Gasteiger partial charge >= 0.3 is 6.09 Å². The Morgan fingerprint density at radius 3 is 2.48 bits per heavy atom. The van der Waals surface area contributed by atoms with E-state index in [9.17, 15) is 9.59 Å². The minimum Gasteiger partial charge on any atom is -0.444 e. The fourth-order valence-corrected chi connectivity index (χ4v) is 6.09. The smallest absolute Gasteiger partial charge is 0.410 e. The number of carbonyl (C=O) groups is 2. The van der Waals surface area contributed by atoms with Gasteiger partial charge in [-0.1, -0.05) is 47.5 Å². The highest BCUT2D eigenvalue weighted by Crippen LogP contribution is 2.36. The van der Waals surface area contributed by atoms with Crippen molar-refractivity contribution in [1.82, 2.24) is 14.8 Å². The zero-order valence-electron chi connectivity index (χ0n) is 22.5. The van der Waals surface area contributed by atoms with Crippen molar-refractivity contribution in [2.24, 2.45) is 0 Å². The van der Waals surface area contributed by atoms with Crippen molar-refractivity contribution in [3.8, 4) is 10.6 Å². The summed E-state index contributed by atoms with van der Waals surface area (Å²) in [5, 5.41) is 4.56. The summed E-state index contributed by atoms with van der Waals surface area (Å²) in [6, 6.07) is 18.6. The van der Waals surface area contributed by atoms with Crippen LogP contribution in [0.3, 0.4) is 0 Å². The largest absolute Gasteiger partial charge is 0.444 e. The van der Waals surface area contributed by atoms with E-state index in [1.807, 2.05) is 51.1 Å². The summed E-state index contributed by atoms with van der Waals surface area (Å²) >= 11 is 13.8. The van der Waals surface area contributed by atoms with Crippen LogP contribution in [0.5, 0.6) is 0 Å². The second-order valence-corrected chi connectivity index (χ2v) is 12.5. The van der Waals surface area contributed by atoms with Crippen LogP contribution < -0.4 is 5.32 Å². The lowest BCUT2D eigenvalue weighted by atomic mass is 10.1. The normalized spacial score (nSPS) is 14.4. The fraction of sp³-hybridized carbons (Fsp3) is 0.300. The highest BCUT2D eigenvalue weighted by Gasteiger charge is 2.26. The summed E-state index contributed by atoms with van der Waals surface area (Å²) in [5.74, 6) is -0.318. The molecule has 0 unspecified atom stereocenters. The van der Waals surface area contributed by atoms with Gasteiger partial charge in [0.2, 0.25) is 0 Å². The second-order valence-electron chi connectivity index (χ2n) is 10.7. The van der Waals surface area contributed by atoms with E-state index in [-0.39, 0.29) is 12.0 Å². The van der Waals surface area contributed by atoms with Gasteiger partial charge in [0, 0.05) is 43.3 Å². The van der Waals surface area contributed by atoms with Crippen molar-refractivity contribution in [1.29, 1.82) is 0 Å². The lowest BCUT2D eigenvalue weighted by Crippen LogP contribution is -2.49. The standard InChI is InChI=1S/C30H30Cl2N4O3S/c1-30(2,3)39-29(38)36-15-13-35(14-16-36)18-19-7-6-10-25-26(19)34-28(40-25)22-8-4-5-9-24(22)33-27(37)21-12-11-20(31)17-23(21)32/h4-12,17H,13-16,18H2,1-3H3,(H,33,37). The number of piperazine rings is 1. The van der Waals surface area contributed by atoms with Gasteiger partial charge in [-0.15, -0.1) is 11.3 Å². The number of carbonyl (C=O) groups excluding carboxylic acids is 2. The molecule has 0 spiro atoms. The van der Waals surface area contributed by atoms with Crippen molar-refractivity contribution in [2.75, 3.05) is 31.5 Å². The number of para-hydroxylation sites is 2. The van der Waals surface area contributed by atoms with Crippen LogP contribution in [-0.2, 0) is 11.3 Å². The molecule has 2 heterocycles. The number of fused-ring (bicyclic) bond motifs is 1. The molecule has 1 saturated heterocycles. The Morgan fingerprint density at radius 2 is 1.75 bits per heavy atom. The van der Waals surface area contributed by atoms with E-state index in [4.69, 9.17) is 32.9 Å². The second kappa shape index (κ2) is 11.7. The first-order valence-electron chi connectivity index (χ1n) is 13.0. The van der Waals surface area contributed by atoms with Crippen LogP contribution in [-0.4, -0.2) is 58.6 Å². The van der Waals surface area contributed by atoms with Crippen molar-refractivity contribution in [3.63, 3.8) is 0 Å². The third-order valence-corrected chi connectivity index (χ3v) is 8.10. The SMILES string of the molecule is CC(C)(C)OC(=O)N1CCN(Cc2cccc3sc(-c4ccccc4NC(=O)c4ccc(Cl)cc4Cl)nc23)CC1. The molecule has 7 nitrogen and oxygen atoms in total. The molecule has 40 heavy (non-hydrogen) atoms. The van der Waals surface area contributed by atoms with Crippen LogP contribution in [0.1, 0.15) is 36.7 Å². The third-order valence-electron chi connectivity index (χ3n) is 6.50. The predicted molar refractivity (Wildman–Crippen MR) is 163 cm³/mol. The first-order valence-corrected chi connectivity index (χ1v) is 14.6. The number of halogens is 2. The van der Waals surface area contributed by atoms with Gasteiger partial charge in [-0.3, -0.25) is 9.69 Å². The Bertz CT molecular complexity index is 1560. The highest BCUT2D eigenvalue weighted by atomic mass is 35.5. The molecule has 4 aromatic rings. The Morgan fingerprint density at radius 1 is 1.00 bits per heavy atom. The molecule has 10 heteroatoms. The molecule has 1 fully saturated rings. The number of amides is 2. The molecule has 1 N–H and O–H groups in total. The number of ether oxygens (including phenoxy) is 1. The molecule has 0 radical (unpaired) electrons. The van der Waals surface area contributed by atoms with E-state index in [2.05, 4.69) is 22.3 Å². The molecule has 0 saturated carbocycles. The first kappa shape index (κ1) is 28.4. The number of aromatic nitrogens is 1. The molecule has 5 rings (SSSR count). The monoisotopic (exact) mass is 596 g/mol. The molecule has 1 aliphatic rings. The first-order chi connectivity index (χ1) is 19.1. The van der Waals surface area contributed by atoms with Gasteiger partial charge in [-0.05, 0) is 62.7 Å². The van der Waals surface area contributed by atoms with Crippen LogP contribution in [0.2, 0.25) is 10.0 Å². The maximum Gasteiger partial charge on any atom is 0.410 e. The van der Waals surface area contributed by atoms with Crippen LogP contribution >= 0.6 is 34.5 Å². The van der Waals surface area contributed by atoms with Gasteiger partial charge in [-0.25, -0.2) is 9.78 Å². The van der Waals surface area contributed by atoms with Gasteiger partial charge in [0.1, 0.15) is 10.6 Å². The number of anilines is 1. The number of benzene rings is 3. The number of thiazole rings is 1. The quantitative estimate of drug-likeness (QED) is 0.257. The zero-order valence-corrected chi connectivity index (χ0v) is 24.9. The van der Waals surface area contributed by atoms with Gasteiger partial charge in [0.05, 0.1) is 26.5 Å². The van der Waals surface area contributed by atoms with Crippen LogP contribution in [0.4, 0.5) is 10.5 Å². The van der Waals surface area contributed by atoms with Crippen molar-refractivity contribution >= 4 is 62.4 Å². The fourth-order valence-electron chi connectivity index (χ4n) is 4.55. The maximum atomic E-state index is 13.0. The van der Waals surface area contributed by atoms with Gasteiger partial charge in [-0.2, -0.15) is 0 Å².